The van der Waals surface area contributed by atoms with Gasteiger partial charge in [-0.1, -0.05) is 33.6 Å². The first-order valence-corrected chi connectivity index (χ1v) is 8.37. The summed E-state index contributed by atoms with van der Waals surface area (Å²) < 4.78 is 5.37. The van der Waals surface area contributed by atoms with E-state index in [4.69, 9.17) is 4.74 Å². The van der Waals surface area contributed by atoms with Crippen molar-refractivity contribution < 1.29 is 9.53 Å². The molecule has 0 aromatic rings. The highest BCUT2D eigenvalue weighted by Crippen LogP contribution is 2.10. The number of nitrogens with zero attached hydrogens (tertiary/aromatic N) is 1. The van der Waals surface area contributed by atoms with Crippen LogP contribution in [0.4, 0.5) is 4.79 Å². The van der Waals surface area contributed by atoms with E-state index >= 15 is 0 Å². The minimum atomic E-state index is -0.430. The van der Waals surface area contributed by atoms with Gasteiger partial charge in [-0.15, -0.1) is 0 Å². The lowest BCUT2D eigenvalue weighted by atomic mass is 10.1. The van der Waals surface area contributed by atoms with Crippen LogP contribution in [0.15, 0.2) is 0 Å². The normalized spacial score (nSPS) is 14.6. The molecule has 4 heteroatoms. The Morgan fingerprint density at radius 2 is 1.90 bits per heavy atom. The predicted octanol–water partition coefficient (Wildman–Crippen LogP) is 4.05. The lowest BCUT2D eigenvalue weighted by Crippen LogP contribution is -2.40. The van der Waals surface area contributed by atoms with Gasteiger partial charge in [0.1, 0.15) is 5.60 Å². The van der Waals surface area contributed by atoms with Crippen molar-refractivity contribution in [1.82, 2.24) is 10.2 Å². The van der Waals surface area contributed by atoms with Gasteiger partial charge in [-0.2, -0.15) is 0 Å². The third kappa shape index (κ3) is 10.6. The molecule has 0 bridgehead atoms. The van der Waals surface area contributed by atoms with Crippen LogP contribution in [0.25, 0.3) is 0 Å². The highest BCUT2D eigenvalue weighted by molar-refractivity contribution is 5.67. The quantitative estimate of drug-likeness (QED) is 0.698. The summed E-state index contributed by atoms with van der Waals surface area (Å²) in [7, 11) is 1.80. The summed E-state index contributed by atoms with van der Waals surface area (Å²) in [5.41, 5.74) is -0.430. The Morgan fingerprint density at radius 1 is 1.29 bits per heavy atom. The molecule has 1 N–H and O–H groups in total. The summed E-state index contributed by atoms with van der Waals surface area (Å²) >= 11 is 0. The van der Waals surface area contributed by atoms with Crippen LogP contribution >= 0.6 is 0 Å². The zero-order chi connectivity index (χ0) is 16.5. The van der Waals surface area contributed by atoms with Gasteiger partial charge in [0.05, 0.1) is 0 Å². The molecule has 0 aliphatic heterocycles. The Kier molecular flexibility index (Phi) is 9.67. The van der Waals surface area contributed by atoms with E-state index in [0.717, 1.165) is 13.0 Å². The lowest BCUT2D eigenvalue weighted by Gasteiger charge is -2.27. The first kappa shape index (κ1) is 20.2. The van der Waals surface area contributed by atoms with Crippen LogP contribution in [-0.2, 0) is 4.74 Å². The van der Waals surface area contributed by atoms with Gasteiger partial charge in [0.15, 0.2) is 0 Å². The Morgan fingerprint density at radius 3 is 2.38 bits per heavy atom. The highest BCUT2D eigenvalue weighted by Gasteiger charge is 2.20. The summed E-state index contributed by atoms with van der Waals surface area (Å²) in [5, 5.41) is 3.62. The Hall–Kier alpha value is -0.770. The second-order valence-electron chi connectivity index (χ2n) is 7.12. The second kappa shape index (κ2) is 10.0. The molecular formula is C17H36N2O2. The van der Waals surface area contributed by atoms with Gasteiger partial charge in [-0.3, -0.25) is 0 Å². The minimum Gasteiger partial charge on any atom is -0.444 e. The summed E-state index contributed by atoms with van der Waals surface area (Å²) in [5.74, 6) is 0.415. The van der Waals surface area contributed by atoms with E-state index in [9.17, 15) is 4.79 Å². The van der Waals surface area contributed by atoms with Crippen LogP contribution in [0, 0.1) is 5.92 Å². The summed E-state index contributed by atoms with van der Waals surface area (Å²) in [6.45, 7) is 14.0. The van der Waals surface area contributed by atoms with Crippen molar-refractivity contribution in [1.29, 1.82) is 0 Å². The van der Waals surface area contributed by atoms with Crippen LogP contribution < -0.4 is 5.32 Å². The van der Waals surface area contributed by atoms with Crippen LogP contribution in [0.5, 0.6) is 0 Å². The number of amides is 1. The summed E-state index contributed by atoms with van der Waals surface area (Å²) in [6.07, 6.45) is 4.68. The number of hydrogen-bond donors (Lipinski definition) is 1. The third-order valence-corrected chi connectivity index (χ3v) is 3.44. The molecule has 0 rings (SSSR count). The molecule has 126 valence electrons. The highest BCUT2D eigenvalue weighted by atomic mass is 16.6. The molecule has 0 saturated heterocycles. The number of hydrogen-bond acceptors (Lipinski definition) is 3. The summed E-state index contributed by atoms with van der Waals surface area (Å²) in [4.78, 5) is 13.6. The second-order valence-corrected chi connectivity index (χ2v) is 7.12. The van der Waals surface area contributed by atoms with Crippen molar-refractivity contribution in [3.63, 3.8) is 0 Å². The maximum absolute atomic E-state index is 11.9. The van der Waals surface area contributed by atoms with Gasteiger partial charge in [0.25, 0.3) is 0 Å². The molecule has 0 heterocycles. The molecule has 1 amide bonds. The Bertz CT molecular complexity index is 287. The van der Waals surface area contributed by atoms with Crippen molar-refractivity contribution in [2.75, 3.05) is 20.1 Å². The minimum absolute atomic E-state index is 0.243. The van der Waals surface area contributed by atoms with Crippen LogP contribution in [0.2, 0.25) is 0 Å². The molecule has 4 nitrogen and oxygen atoms in total. The molecule has 2 atom stereocenters. The van der Waals surface area contributed by atoms with E-state index in [1.54, 1.807) is 11.9 Å². The van der Waals surface area contributed by atoms with Crippen molar-refractivity contribution in [2.24, 2.45) is 5.92 Å². The van der Waals surface area contributed by atoms with Crippen molar-refractivity contribution in [3.05, 3.63) is 0 Å². The zero-order valence-electron chi connectivity index (χ0n) is 15.2. The van der Waals surface area contributed by atoms with Crippen molar-refractivity contribution >= 4 is 6.09 Å². The largest absolute Gasteiger partial charge is 0.444 e. The molecule has 0 saturated carbocycles. The summed E-state index contributed by atoms with van der Waals surface area (Å²) in [6, 6.07) is 0.597. The molecule has 2 unspecified atom stereocenters. The lowest BCUT2D eigenvalue weighted by molar-refractivity contribution is 0.0276. The van der Waals surface area contributed by atoms with Gasteiger partial charge >= 0.3 is 6.09 Å². The molecule has 0 aliphatic carbocycles. The number of rotatable bonds is 9. The molecule has 21 heavy (non-hydrogen) atoms. The van der Waals surface area contributed by atoms with Crippen molar-refractivity contribution in [2.45, 2.75) is 78.9 Å². The number of carbonyl (C=O) groups excluding carboxylic acids is 1. The molecule has 0 aromatic carbocycles. The van der Waals surface area contributed by atoms with E-state index in [-0.39, 0.29) is 6.09 Å². The maximum Gasteiger partial charge on any atom is 0.410 e. The number of unbranched alkanes of at least 4 members (excludes halogenated alkanes) is 1. The SMILES string of the molecule is CCCCC(CC)NCC(C)CN(C)C(=O)OC(C)(C)C. The fourth-order valence-corrected chi connectivity index (χ4v) is 2.22. The standard InChI is InChI=1S/C17H36N2O2/c1-8-10-11-15(9-2)18-12-14(3)13-19(7)16(20)21-17(4,5)6/h14-15,18H,8-13H2,1-7H3. The topological polar surface area (TPSA) is 41.6 Å². The molecule has 0 aliphatic rings. The fraction of sp³-hybridized carbons (Fsp3) is 0.941. The smallest absolute Gasteiger partial charge is 0.410 e. The number of carbonyl (C=O) groups is 1. The first-order chi connectivity index (χ1) is 9.69. The van der Waals surface area contributed by atoms with Gasteiger partial charge < -0.3 is 15.0 Å². The third-order valence-electron chi connectivity index (χ3n) is 3.44. The fourth-order valence-electron chi connectivity index (χ4n) is 2.22. The molecule has 0 aromatic heterocycles. The van der Waals surface area contributed by atoms with E-state index in [1.807, 2.05) is 20.8 Å². The van der Waals surface area contributed by atoms with Crippen LogP contribution in [0.3, 0.4) is 0 Å². The van der Waals surface area contributed by atoms with Crippen molar-refractivity contribution in [3.8, 4) is 0 Å². The molecule has 0 radical (unpaired) electrons. The Balaban J connectivity index is 4.06. The van der Waals surface area contributed by atoms with Crippen LogP contribution in [-0.4, -0.2) is 42.8 Å². The van der Waals surface area contributed by atoms with E-state index in [1.165, 1.54) is 19.3 Å². The number of nitrogens with one attached hydrogen (secondary N) is 1. The predicted molar refractivity (Wildman–Crippen MR) is 89.6 cm³/mol. The van der Waals surface area contributed by atoms with Gasteiger partial charge in [0.2, 0.25) is 0 Å². The molecule has 0 spiro atoms. The molecular weight excluding hydrogens is 264 g/mol. The number of ether oxygens (including phenoxy) is 1. The Labute approximate surface area is 131 Å². The average Bonchev–Trinajstić information content (AvgIpc) is 2.36. The molecule has 0 fully saturated rings. The van der Waals surface area contributed by atoms with Gasteiger partial charge in [0, 0.05) is 19.6 Å². The average molecular weight is 300 g/mol. The van der Waals surface area contributed by atoms with Gasteiger partial charge in [-0.05, 0) is 46.1 Å². The van der Waals surface area contributed by atoms with Crippen LogP contribution in [0.1, 0.15) is 67.2 Å². The maximum atomic E-state index is 11.9. The first-order valence-electron chi connectivity index (χ1n) is 8.37. The van der Waals surface area contributed by atoms with Gasteiger partial charge in [-0.25, -0.2) is 4.79 Å². The van der Waals surface area contributed by atoms with E-state index < -0.39 is 5.60 Å². The van der Waals surface area contributed by atoms with E-state index in [2.05, 4.69) is 26.1 Å². The zero-order valence-corrected chi connectivity index (χ0v) is 15.2. The monoisotopic (exact) mass is 300 g/mol. The van der Waals surface area contributed by atoms with E-state index in [0.29, 0.717) is 18.5 Å².